The van der Waals surface area contributed by atoms with Crippen LogP contribution in [-0.2, 0) is 155 Å². The Labute approximate surface area is 758 Å². The number of hydrogen-bond acceptors (Lipinski definition) is 35. The summed E-state index contributed by atoms with van der Waals surface area (Å²) >= 11 is 0. The smallest absolute Gasteiger partial charge is 0.192 e. The lowest BCUT2D eigenvalue weighted by Gasteiger charge is -2.53. The molecule has 0 aromatic heterocycles. The van der Waals surface area contributed by atoms with Gasteiger partial charge >= 0.3 is 0 Å². The predicted octanol–water partition coefficient (Wildman–Crippen LogP) is 9.07. The van der Waals surface area contributed by atoms with Gasteiger partial charge in [0.15, 0.2) is 85.6 Å². The normalized spacial score (nSPS) is 39.9. The quantitative estimate of drug-likeness (QED) is 0.0611. The molecule has 35 unspecified atom stereocenters. The van der Waals surface area contributed by atoms with E-state index in [4.69, 9.17) is 155 Å². The molecule has 21 aliphatic rings. The first-order valence-corrected chi connectivity index (χ1v) is 59.2. The van der Waals surface area contributed by atoms with Gasteiger partial charge in [-0.25, -0.2) is 0 Å². The van der Waals surface area contributed by atoms with Gasteiger partial charge in [0.05, 0.1) is 46.2 Å². The molecule has 21 rings (SSSR count). The minimum Gasteiger partial charge on any atom is -0.414 e. The molecule has 0 aliphatic carbocycles. The summed E-state index contributed by atoms with van der Waals surface area (Å²) in [5.74, 6) is 0. The number of hydrogen-bond donors (Lipinski definition) is 2. The molecule has 0 radical (unpaired) electrons. The number of rotatable bonds is 31. The van der Waals surface area contributed by atoms with Crippen LogP contribution in [0.3, 0.4) is 0 Å². The third-order valence-electron chi connectivity index (χ3n) is 29.4. The van der Waals surface area contributed by atoms with Crippen molar-refractivity contribution in [2.75, 3.05) is 146 Å². The lowest BCUT2D eigenvalue weighted by atomic mass is 9.94. The van der Waals surface area contributed by atoms with Crippen molar-refractivity contribution < 1.29 is 165 Å². The zero-order valence-corrected chi connectivity index (χ0v) is 88.5. The summed E-state index contributed by atoms with van der Waals surface area (Å²) in [4.78, 5) is 0. The van der Waals surface area contributed by atoms with Crippen LogP contribution in [0.25, 0.3) is 0 Å². The van der Waals surface area contributed by atoms with Crippen molar-refractivity contribution in [2.24, 2.45) is 0 Å². The highest BCUT2D eigenvalue weighted by Crippen LogP contribution is 2.48. The van der Waals surface area contributed by atoms with Gasteiger partial charge in [-0.1, -0.05) is 104 Å². The molecule has 0 aromatic rings. The van der Waals surface area contributed by atoms with Crippen molar-refractivity contribution in [3.63, 3.8) is 0 Å². The highest BCUT2D eigenvalue weighted by atomic mass is 28.4. The Balaban J connectivity index is 1.36. The van der Waals surface area contributed by atoms with Crippen LogP contribution in [0.4, 0.5) is 0 Å². The van der Waals surface area contributed by atoms with Crippen molar-refractivity contribution in [3.05, 3.63) is 0 Å². The van der Waals surface area contributed by atoms with Gasteiger partial charge in [-0.05, 0) is 90.7 Å². The van der Waals surface area contributed by atoms with Gasteiger partial charge in [-0.3, -0.25) is 0 Å². The second kappa shape index (κ2) is 45.5. The average molecular weight is 1900 g/mol. The Morgan fingerprint density at radius 3 is 0.397 bits per heavy atom. The van der Waals surface area contributed by atoms with Crippen LogP contribution in [0.5, 0.6) is 0 Å². The summed E-state index contributed by atoms with van der Waals surface area (Å²) in [6, 6.07) is 0. The van der Waals surface area contributed by atoms with Crippen LogP contribution in [0.1, 0.15) is 104 Å². The van der Waals surface area contributed by atoms with Gasteiger partial charge in [0.1, 0.15) is 171 Å². The van der Waals surface area contributed by atoms with E-state index in [-0.39, 0.29) is 58.2 Å². The third-order valence-corrected chi connectivity index (χ3v) is 51.9. The molecule has 21 saturated heterocycles. The first-order valence-electron chi connectivity index (χ1n) is 44.7. The van der Waals surface area contributed by atoms with E-state index in [1.165, 1.54) is 78.2 Å². The molecule has 0 saturated carbocycles. The fraction of sp³-hybridized carbons (Fsp3) is 1.00. The van der Waals surface area contributed by atoms with Crippen LogP contribution in [0.2, 0.25) is 90.7 Å². The summed E-state index contributed by atoms with van der Waals surface area (Å²) in [7, 11) is 8.18. The van der Waals surface area contributed by atoms with Gasteiger partial charge < -0.3 is 165 Å². The molecular formula is C86H168O35Si5. The fourth-order valence-corrected chi connectivity index (χ4v) is 21.3. The zero-order chi connectivity index (χ0) is 94.5. The SMILES string of the molecule is COC1C2OC(CO)C(OC3OC(CO[Si](C)(C)C(C)(C)C)C(OC4OC(CO[Si](C)(C)C(C)(C)C)C(OC5OC(CO)C(OC6OC(CO[Si](C)(C)C(C)(C)C)C(OC7OC(CO[Si](C)(C)C(C)(C)C)C(OC8OC(CO[Si](C)(C)C(C)(C)C)C(O2)C(OC)C8OC)C(OC)C7OC)C(OC)C6OC)C(OC)C5OC)C(OC)C4OC)C(OC)C3OC)C1OC. The average Bonchev–Trinajstić information content (AvgIpc) is 0.767. The van der Waals surface area contributed by atoms with E-state index in [0.717, 1.165) is 0 Å². The number of ether oxygens (including phenoxy) is 28. The summed E-state index contributed by atoms with van der Waals surface area (Å²) in [6.07, 6.45) is -39.8. The van der Waals surface area contributed by atoms with Gasteiger partial charge in [0, 0.05) is 99.5 Å². The molecule has 0 amide bonds. The van der Waals surface area contributed by atoms with E-state index in [0.29, 0.717) is 0 Å². The van der Waals surface area contributed by atoms with Gasteiger partial charge in [-0.15, -0.1) is 0 Å². The van der Waals surface area contributed by atoms with Crippen molar-refractivity contribution in [1.82, 2.24) is 0 Å². The summed E-state index contributed by atoms with van der Waals surface area (Å²) < 4.78 is 229. The monoisotopic (exact) mass is 1900 g/mol. The standard InChI is InChI=1S/C86H168O35Si5/c1-82(2,3)122(30,31)103-42-49-56-63(91-18)72(100-27)79(112-49)119-58-51(44-105-124(34,35)84(7,8)9)110-77(70(98-25)65(58)93-20)115-54-47(40-87)109-76(69(97-24)61(54)89-16)118-57-50(43-104-123(32,33)83(4,5)6)113-80(73(101-28)64(57)92-19)121-60-53(46-107-126(38,39)86(13,14)15)114-81(74(102-29)67(60)95-22)120-59-52(45-106-125(36,37)85(10,11)12)111-78(71(99-26)66(59)94-21)116-55-48(41-88)108-75(117-56)68(96-23)62(55)90-17/h47-81,87-88H,40-46H2,1-39H3. The Kier molecular flexibility index (Phi) is 40.1. The molecule has 2 N–H and O–H groups in total. The Hall–Kier alpha value is -0.316. The van der Waals surface area contributed by atoms with Gasteiger partial charge in [0.2, 0.25) is 0 Å². The predicted molar refractivity (Wildman–Crippen MR) is 476 cm³/mol. The molecule has 0 spiro atoms. The van der Waals surface area contributed by atoms with E-state index >= 15 is 0 Å². The van der Waals surface area contributed by atoms with E-state index in [1.54, 1.807) is 21.3 Å². The second-order valence-corrected chi connectivity index (χ2v) is 66.1. The Bertz CT molecular complexity index is 3120. The molecule has 35 atom stereocenters. The molecule has 126 heavy (non-hydrogen) atoms. The van der Waals surface area contributed by atoms with E-state index < -0.39 is 270 Å². The Morgan fingerprint density at radius 1 is 0.183 bits per heavy atom. The topological polar surface area (TPSA) is 345 Å². The van der Waals surface area contributed by atoms with Gasteiger partial charge in [-0.2, -0.15) is 0 Å². The molecule has 35 nitrogen and oxygen atoms in total. The van der Waals surface area contributed by atoms with Crippen LogP contribution in [0, 0.1) is 0 Å². The third kappa shape index (κ3) is 24.7. The molecule has 40 heteroatoms. The fourth-order valence-electron chi connectivity index (χ4n) is 16.3. The second-order valence-electron chi connectivity index (χ2n) is 42.0. The molecule has 14 bridgehead atoms. The van der Waals surface area contributed by atoms with Crippen molar-refractivity contribution >= 4 is 41.6 Å². The lowest BCUT2D eigenvalue weighted by Crippen LogP contribution is -2.69. The van der Waals surface area contributed by atoms with Crippen LogP contribution in [-0.4, -0.2) is 413 Å². The minimum absolute atomic E-state index is 0.0312. The van der Waals surface area contributed by atoms with E-state index in [1.807, 2.05) is 0 Å². The minimum atomic E-state index is -2.64. The molecule has 0 aromatic carbocycles. The molecule has 21 heterocycles. The number of aliphatic hydroxyl groups excluding tert-OH is 2. The first-order chi connectivity index (χ1) is 58.7. The largest absolute Gasteiger partial charge is 0.414 e. The molecule has 21 aliphatic heterocycles. The highest BCUT2D eigenvalue weighted by molar-refractivity contribution is 6.75. The van der Waals surface area contributed by atoms with E-state index in [9.17, 15) is 10.2 Å². The first kappa shape index (κ1) is 111. The summed E-state index contributed by atoms with van der Waals surface area (Å²) in [5, 5.41) is 22.3. The molecule has 742 valence electrons. The van der Waals surface area contributed by atoms with Crippen LogP contribution >= 0.6 is 0 Å². The molecular weight excluding hydrogens is 1730 g/mol. The van der Waals surface area contributed by atoms with Crippen molar-refractivity contribution in [1.29, 1.82) is 0 Å². The van der Waals surface area contributed by atoms with Crippen LogP contribution < -0.4 is 0 Å². The maximum Gasteiger partial charge on any atom is 0.192 e. The summed E-state index contributed by atoms with van der Waals surface area (Å²) in [6.45, 7) is 52.2. The van der Waals surface area contributed by atoms with E-state index in [2.05, 4.69) is 169 Å². The number of aliphatic hydroxyl groups is 2. The zero-order valence-electron chi connectivity index (χ0n) is 83.5. The van der Waals surface area contributed by atoms with Crippen molar-refractivity contribution in [3.8, 4) is 0 Å². The molecule has 21 fully saturated rings. The van der Waals surface area contributed by atoms with Gasteiger partial charge in [0.25, 0.3) is 0 Å². The van der Waals surface area contributed by atoms with Crippen molar-refractivity contribution in [2.45, 2.75) is 409 Å². The maximum atomic E-state index is 11.8. The van der Waals surface area contributed by atoms with Crippen LogP contribution in [0.15, 0.2) is 0 Å². The lowest BCUT2D eigenvalue weighted by molar-refractivity contribution is -0.401. The summed E-state index contributed by atoms with van der Waals surface area (Å²) in [5.41, 5.74) is 0. The highest BCUT2D eigenvalue weighted by Gasteiger charge is 2.64. The number of methoxy groups -OCH3 is 14. The maximum absolute atomic E-state index is 11.8. The Morgan fingerprint density at radius 2 is 0.294 bits per heavy atom.